The van der Waals surface area contributed by atoms with Gasteiger partial charge in [-0.15, -0.1) is 0 Å². The summed E-state index contributed by atoms with van der Waals surface area (Å²) in [5.41, 5.74) is 1.30. The standard InChI is InChI=1S/C19H30N4O3/c1-13(2)8-9-20-18(24)16-15-7-3-4-10-23(15)17(22-16)19(25)21-12-14-6-5-11-26-14/h13-14H,3-12H2,1-2H3,(H,20,24)(H,21,25). The Morgan fingerprint density at radius 1 is 1.23 bits per heavy atom. The molecule has 2 aliphatic rings. The minimum Gasteiger partial charge on any atom is -0.376 e. The van der Waals surface area contributed by atoms with Crippen LogP contribution in [0.3, 0.4) is 0 Å². The monoisotopic (exact) mass is 362 g/mol. The molecule has 3 rings (SSSR count). The number of carbonyl (C=O) groups is 2. The van der Waals surface area contributed by atoms with Gasteiger partial charge < -0.3 is 19.9 Å². The third-order valence-electron chi connectivity index (χ3n) is 5.06. The molecular formula is C19H30N4O3. The number of imidazole rings is 1. The SMILES string of the molecule is CC(C)CCNC(=O)c1nc(C(=O)NCC2CCCO2)n2c1CCCC2. The van der Waals surface area contributed by atoms with Crippen molar-refractivity contribution in [1.29, 1.82) is 0 Å². The van der Waals surface area contributed by atoms with E-state index in [0.29, 0.717) is 30.5 Å². The number of carbonyl (C=O) groups excluding carboxylic acids is 2. The molecule has 0 aliphatic carbocycles. The predicted molar refractivity (Wildman–Crippen MR) is 98.3 cm³/mol. The molecule has 0 saturated carbocycles. The van der Waals surface area contributed by atoms with E-state index in [0.717, 1.165) is 57.4 Å². The van der Waals surface area contributed by atoms with E-state index in [4.69, 9.17) is 4.74 Å². The second-order valence-electron chi connectivity index (χ2n) is 7.62. The van der Waals surface area contributed by atoms with Gasteiger partial charge >= 0.3 is 0 Å². The molecule has 1 aromatic heterocycles. The molecule has 26 heavy (non-hydrogen) atoms. The Bertz CT molecular complexity index is 647. The molecule has 0 radical (unpaired) electrons. The summed E-state index contributed by atoms with van der Waals surface area (Å²) in [5.74, 6) is 0.497. The Hall–Kier alpha value is -1.89. The van der Waals surface area contributed by atoms with Crippen LogP contribution >= 0.6 is 0 Å². The van der Waals surface area contributed by atoms with Gasteiger partial charge in [0.1, 0.15) is 5.69 Å². The number of hydrogen-bond acceptors (Lipinski definition) is 4. The fraction of sp³-hybridized carbons (Fsp3) is 0.737. The third-order valence-corrected chi connectivity index (χ3v) is 5.06. The van der Waals surface area contributed by atoms with E-state index < -0.39 is 0 Å². The summed E-state index contributed by atoms with van der Waals surface area (Å²) >= 11 is 0. The van der Waals surface area contributed by atoms with E-state index in [2.05, 4.69) is 29.5 Å². The molecule has 1 unspecified atom stereocenters. The number of nitrogens with zero attached hydrogens (tertiary/aromatic N) is 2. The van der Waals surface area contributed by atoms with Crippen LogP contribution in [0.2, 0.25) is 0 Å². The summed E-state index contributed by atoms with van der Waals surface area (Å²) < 4.78 is 7.48. The normalized spacial score (nSPS) is 19.4. The first kappa shape index (κ1) is 18.9. The van der Waals surface area contributed by atoms with Crippen LogP contribution < -0.4 is 10.6 Å². The fourth-order valence-corrected chi connectivity index (χ4v) is 3.55. The van der Waals surface area contributed by atoms with Gasteiger partial charge in [0.25, 0.3) is 11.8 Å². The van der Waals surface area contributed by atoms with Crippen LogP contribution in [0.15, 0.2) is 0 Å². The first-order valence-electron chi connectivity index (χ1n) is 9.83. The van der Waals surface area contributed by atoms with Crippen LogP contribution in [-0.2, 0) is 17.7 Å². The van der Waals surface area contributed by atoms with Crippen LogP contribution in [0.5, 0.6) is 0 Å². The van der Waals surface area contributed by atoms with E-state index in [1.165, 1.54) is 0 Å². The van der Waals surface area contributed by atoms with E-state index >= 15 is 0 Å². The van der Waals surface area contributed by atoms with Crippen LogP contribution in [0, 0.1) is 5.92 Å². The van der Waals surface area contributed by atoms with Gasteiger partial charge in [-0.25, -0.2) is 4.98 Å². The van der Waals surface area contributed by atoms with Crippen molar-refractivity contribution in [1.82, 2.24) is 20.2 Å². The zero-order chi connectivity index (χ0) is 18.5. The number of aromatic nitrogens is 2. The van der Waals surface area contributed by atoms with Gasteiger partial charge in [-0.2, -0.15) is 0 Å². The first-order chi connectivity index (χ1) is 12.6. The Morgan fingerprint density at radius 2 is 2.08 bits per heavy atom. The summed E-state index contributed by atoms with van der Waals surface area (Å²) in [7, 11) is 0. The molecule has 1 aromatic rings. The van der Waals surface area contributed by atoms with Gasteiger partial charge in [-0.1, -0.05) is 13.8 Å². The average molecular weight is 362 g/mol. The molecule has 2 N–H and O–H groups in total. The highest BCUT2D eigenvalue weighted by Gasteiger charge is 2.28. The number of hydrogen-bond donors (Lipinski definition) is 2. The van der Waals surface area contributed by atoms with Crippen molar-refractivity contribution in [2.75, 3.05) is 19.7 Å². The van der Waals surface area contributed by atoms with Crippen molar-refractivity contribution in [3.63, 3.8) is 0 Å². The van der Waals surface area contributed by atoms with Gasteiger partial charge in [0.2, 0.25) is 0 Å². The van der Waals surface area contributed by atoms with E-state index in [1.54, 1.807) is 0 Å². The summed E-state index contributed by atoms with van der Waals surface area (Å²) in [4.78, 5) is 29.6. The minimum atomic E-state index is -0.218. The van der Waals surface area contributed by atoms with Gasteiger partial charge in [0.05, 0.1) is 11.8 Å². The van der Waals surface area contributed by atoms with Crippen LogP contribution in [0.25, 0.3) is 0 Å². The van der Waals surface area contributed by atoms with Crippen molar-refractivity contribution in [3.8, 4) is 0 Å². The maximum atomic E-state index is 12.6. The van der Waals surface area contributed by atoms with Crippen molar-refractivity contribution < 1.29 is 14.3 Å². The quantitative estimate of drug-likeness (QED) is 0.776. The molecule has 2 aliphatic heterocycles. The average Bonchev–Trinajstić information content (AvgIpc) is 3.27. The highest BCUT2D eigenvalue weighted by atomic mass is 16.5. The number of rotatable bonds is 7. The molecule has 1 atom stereocenters. The second kappa shape index (κ2) is 8.66. The maximum absolute atomic E-state index is 12.6. The van der Waals surface area contributed by atoms with Crippen LogP contribution in [0.4, 0.5) is 0 Å². The lowest BCUT2D eigenvalue weighted by Gasteiger charge is -2.17. The molecule has 0 spiro atoms. The summed E-state index contributed by atoms with van der Waals surface area (Å²) in [6, 6.07) is 0. The third kappa shape index (κ3) is 4.44. The number of amides is 2. The Balaban J connectivity index is 1.70. The minimum absolute atomic E-state index is 0.0912. The van der Waals surface area contributed by atoms with Gasteiger partial charge in [-0.05, 0) is 44.4 Å². The van der Waals surface area contributed by atoms with Gasteiger partial charge in [0.15, 0.2) is 5.82 Å². The highest BCUT2D eigenvalue weighted by Crippen LogP contribution is 2.21. The molecule has 1 fully saturated rings. The van der Waals surface area contributed by atoms with Crippen molar-refractivity contribution in [2.45, 2.75) is 65.0 Å². The fourth-order valence-electron chi connectivity index (χ4n) is 3.55. The van der Waals surface area contributed by atoms with Gasteiger partial charge in [-0.3, -0.25) is 9.59 Å². The first-order valence-corrected chi connectivity index (χ1v) is 9.83. The Labute approximate surface area is 154 Å². The van der Waals surface area contributed by atoms with Crippen molar-refractivity contribution in [2.24, 2.45) is 5.92 Å². The number of fused-ring (bicyclic) bond motifs is 1. The second-order valence-corrected chi connectivity index (χ2v) is 7.62. The lowest BCUT2D eigenvalue weighted by Crippen LogP contribution is -2.34. The smallest absolute Gasteiger partial charge is 0.287 e. The molecule has 3 heterocycles. The van der Waals surface area contributed by atoms with E-state index in [1.807, 2.05) is 4.57 Å². The lowest BCUT2D eigenvalue weighted by molar-refractivity contribution is 0.0845. The van der Waals surface area contributed by atoms with Crippen molar-refractivity contribution >= 4 is 11.8 Å². The predicted octanol–water partition coefficient (Wildman–Crippen LogP) is 1.90. The molecule has 7 nitrogen and oxygen atoms in total. The molecule has 144 valence electrons. The van der Waals surface area contributed by atoms with Gasteiger partial charge in [0, 0.05) is 26.2 Å². The molecule has 1 saturated heterocycles. The van der Waals surface area contributed by atoms with E-state index in [-0.39, 0.29) is 17.9 Å². The summed E-state index contributed by atoms with van der Waals surface area (Å²) in [6.07, 6.45) is 5.85. The summed E-state index contributed by atoms with van der Waals surface area (Å²) in [6.45, 7) is 6.88. The molecular weight excluding hydrogens is 332 g/mol. The summed E-state index contributed by atoms with van der Waals surface area (Å²) in [5, 5.41) is 5.87. The van der Waals surface area contributed by atoms with Crippen LogP contribution in [0.1, 0.15) is 72.8 Å². The number of ether oxygens (including phenoxy) is 1. The zero-order valence-corrected chi connectivity index (χ0v) is 15.8. The molecule has 0 bridgehead atoms. The Morgan fingerprint density at radius 3 is 2.81 bits per heavy atom. The molecule has 7 heteroatoms. The zero-order valence-electron chi connectivity index (χ0n) is 15.8. The van der Waals surface area contributed by atoms with Crippen molar-refractivity contribution in [3.05, 3.63) is 17.2 Å². The molecule has 2 amide bonds. The largest absolute Gasteiger partial charge is 0.376 e. The molecule has 0 aromatic carbocycles. The maximum Gasteiger partial charge on any atom is 0.287 e. The Kier molecular flexibility index (Phi) is 6.29. The topological polar surface area (TPSA) is 85.2 Å². The highest BCUT2D eigenvalue weighted by molar-refractivity contribution is 5.97. The number of nitrogens with one attached hydrogen (secondary N) is 2. The van der Waals surface area contributed by atoms with Crippen LogP contribution in [-0.4, -0.2) is 47.2 Å². The lowest BCUT2D eigenvalue weighted by atomic mass is 10.1. The van der Waals surface area contributed by atoms with E-state index in [9.17, 15) is 9.59 Å².